The van der Waals surface area contributed by atoms with Crippen molar-refractivity contribution in [3.05, 3.63) is 27.5 Å². The lowest BCUT2D eigenvalue weighted by molar-refractivity contribution is 0.687. The van der Waals surface area contributed by atoms with Gasteiger partial charge in [0.05, 0.1) is 0 Å². The normalized spacial score (nSPS) is 12.9. The molecule has 1 aromatic heterocycles. The van der Waals surface area contributed by atoms with Gasteiger partial charge in [-0.1, -0.05) is 18.5 Å². The first-order chi connectivity index (χ1) is 6.15. The second kappa shape index (κ2) is 4.94. The van der Waals surface area contributed by atoms with Gasteiger partial charge in [0.2, 0.25) is 0 Å². The Morgan fingerprint density at radius 3 is 3.00 bits per heavy atom. The van der Waals surface area contributed by atoms with Gasteiger partial charge < -0.3 is 5.73 Å². The highest BCUT2D eigenvalue weighted by Crippen LogP contribution is 2.27. The Morgan fingerprint density at radius 2 is 2.38 bits per heavy atom. The van der Waals surface area contributed by atoms with Crippen molar-refractivity contribution in [2.75, 3.05) is 6.54 Å². The van der Waals surface area contributed by atoms with E-state index in [1.165, 1.54) is 0 Å². The summed E-state index contributed by atoms with van der Waals surface area (Å²) in [5.74, 6) is 0.363. The molecule has 2 N–H and O–H groups in total. The molecule has 1 unspecified atom stereocenters. The molecule has 4 heteroatoms. The average Bonchev–Trinajstić information content (AvgIpc) is 2.09. The lowest BCUT2D eigenvalue weighted by atomic mass is 10.00. The molecular weight excluding hydrogens is 251 g/mol. The SMILES string of the molecule is CC(CCN)c1cc(Br)cnc1Cl. The van der Waals surface area contributed by atoms with Gasteiger partial charge in [-0.3, -0.25) is 0 Å². The first-order valence-electron chi connectivity index (χ1n) is 4.16. The summed E-state index contributed by atoms with van der Waals surface area (Å²) in [5.41, 5.74) is 6.54. The van der Waals surface area contributed by atoms with Crippen LogP contribution in [-0.4, -0.2) is 11.5 Å². The average molecular weight is 264 g/mol. The highest BCUT2D eigenvalue weighted by Gasteiger charge is 2.10. The Balaban J connectivity index is 2.91. The molecule has 0 amide bonds. The first kappa shape index (κ1) is 11.0. The Bertz CT molecular complexity index is 291. The minimum absolute atomic E-state index is 0.363. The van der Waals surface area contributed by atoms with Crippen molar-refractivity contribution in [2.45, 2.75) is 19.3 Å². The molecule has 1 aromatic rings. The van der Waals surface area contributed by atoms with Gasteiger partial charge in [-0.15, -0.1) is 0 Å². The lowest BCUT2D eigenvalue weighted by Gasteiger charge is -2.11. The summed E-state index contributed by atoms with van der Waals surface area (Å²) < 4.78 is 0.954. The maximum Gasteiger partial charge on any atom is 0.132 e. The summed E-state index contributed by atoms with van der Waals surface area (Å²) in [6, 6.07) is 2.00. The smallest absolute Gasteiger partial charge is 0.132 e. The van der Waals surface area contributed by atoms with E-state index < -0.39 is 0 Å². The Kier molecular flexibility index (Phi) is 4.16. The second-order valence-electron chi connectivity index (χ2n) is 3.01. The topological polar surface area (TPSA) is 38.9 Å². The third kappa shape index (κ3) is 2.93. The maximum atomic E-state index is 5.95. The van der Waals surface area contributed by atoms with E-state index in [0.29, 0.717) is 17.6 Å². The number of halogens is 2. The molecule has 0 spiro atoms. The van der Waals surface area contributed by atoms with Crippen LogP contribution in [0.15, 0.2) is 16.7 Å². The Hall–Kier alpha value is -0.120. The van der Waals surface area contributed by atoms with E-state index in [0.717, 1.165) is 16.5 Å². The predicted molar refractivity (Wildman–Crippen MR) is 59.0 cm³/mol. The number of nitrogens with two attached hydrogens (primary N) is 1. The van der Waals surface area contributed by atoms with Gasteiger partial charge >= 0.3 is 0 Å². The van der Waals surface area contributed by atoms with Crippen LogP contribution in [0.2, 0.25) is 5.15 Å². The highest BCUT2D eigenvalue weighted by molar-refractivity contribution is 9.10. The summed E-state index contributed by atoms with van der Waals surface area (Å²) in [6.45, 7) is 2.77. The fourth-order valence-corrected chi connectivity index (χ4v) is 1.83. The number of hydrogen-bond acceptors (Lipinski definition) is 2. The van der Waals surface area contributed by atoms with E-state index in [2.05, 4.69) is 27.8 Å². The van der Waals surface area contributed by atoms with Crippen molar-refractivity contribution in [3.63, 3.8) is 0 Å². The van der Waals surface area contributed by atoms with Crippen LogP contribution >= 0.6 is 27.5 Å². The Labute approximate surface area is 91.6 Å². The highest BCUT2D eigenvalue weighted by atomic mass is 79.9. The number of pyridine rings is 1. The van der Waals surface area contributed by atoms with Gasteiger partial charge in [0, 0.05) is 10.7 Å². The van der Waals surface area contributed by atoms with Crippen LogP contribution < -0.4 is 5.73 Å². The minimum atomic E-state index is 0.363. The minimum Gasteiger partial charge on any atom is -0.330 e. The molecule has 1 heterocycles. The molecule has 0 saturated heterocycles. The van der Waals surface area contributed by atoms with E-state index in [4.69, 9.17) is 17.3 Å². The van der Waals surface area contributed by atoms with Gasteiger partial charge in [0.25, 0.3) is 0 Å². The van der Waals surface area contributed by atoms with Gasteiger partial charge in [-0.25, -0.2) is 4.98 Å². The van der Waals surface area contributed by atoms with Crippen LogP contribution in [0.5, 0.6) is 0 Å². The molecular formula is C9H12BrClN2. The van der Waals surface area contributed by atoms with Crippen LogP contribution in [0.4, 0.5) is 0 Å². The van der Waals surface area contributed by atoms with Crippen molar-refractivity contribution in [3.8, 4) is 0 Å². The van der Waals surface area contributed by atoms with Crippen LogP contribution in [-0.2, 0) is 0 Å². The monoisotopic (exact) mass is 262 g/mol. The fraction of sp³-hybridized carbons (Fsp3) is 0.444. The maximum absolute atomic E-state index is 5.95. The second-order valence-corrected chi connectivity index (χ2v) is 4.29. The molecule has 0 saturated carbocycles. The van der Waals surface area contributed by atoms with Crippen molar-refractivity contribution in [1.82, 2.24) is 4.98 Å². The largest absolute Gasteiger partial charge is 0.330 e. The summed E-state index contributed by atoms with van der Waals surface area (Å²) in [7, 11) is 0. The number of nitrogens with zero attached hydrogens (tertiary/aromatic N) is 1. The number of rotatable bonds is 3. The van der Waals surface area contributed by atoms with Crippen LogP contribution in [0.25, 0.3) is 0 Å². The van der Waals surface area contributed by atoms with E-state index in [1.807, 2.05) is 6.07 Å². The fourth-order valence-electron chi connectivity index (χ4n) is 1.19. The molecule has 0 aliphatic carbocycles. The summed E-state index contributed by atoms with van der Waals surface area (Å²) in [4.78, 5) is 4.06. The molecule has 72 valence electrons. The summed E-state index contributed by atoms with van der Waals surface area (Å²) in [6.07, 6.45) is 2.62. The molecule has 0 fully saturated rings. The molecule has 0 aliphatic heterocycles. The lowest BCUT2D eigenvalue weighted by Crippen LogP contribution is -2.05. The molecule has 0 aliphatic rings. The van der Waals surface area contributed by atoms with E-state index in [1.54, 1.807) is 6.20 Å². The van der Waals surface area contributed by atoms with Crippen LogP contribution in [0.3, 0.4) is 0 Å². The molecule has 13 heavy (non-hydrogen) atoms. The van der Waals surface area contributed by atoms with Gasteiger partial charge in [-0.05, 0) is 46.4 Å². The van der Waals surface area contributed by atoms with E-state index in [9.17, 15) is 0 Å². The standard InChI is InChI=1S/C9H12BrClN2/c1-6(2-3-12)8-4-7(10)5-13-9(8)11/h4-6H,2-3,12H2,1H3. The van der Waals surface area contributed by atoms with Gasteiger partial charge in [-0.2, -0.15) is 0 Å². The third-order valence-electron chi connectivity index (χ3n) is 1.96. The molecule has 1 rings (SSSR count). The third-order valence-corrected chi connectivity index (χ3v) is 2.71. The summed E-state index contributed by atoms with van der Waals surface area (Å²) >= 11 is 9.32. The quantitative estimate of drug-likeness (QED) is 0.852. The molecule has 0 bridgehead atoms. The van der Waals surface area contributed by atoms with Crippen molar-refractivity contribution < 1.29 is 0 Å². The van der Waals surface area contributed by atoms with E-state index >= 15 is 0 Å². The molecule has 0 aromatic carbocycles. The van der Waals surface area contributed by atoms with E-state index in [-0.39, 0.29) is 0 Å². The number of hydrogen-bond donors (Lipinski definition) is 1. The van der Waals surface area contributed by atoms with Crippen LogP contribution in [0.1, 0.15) is 24.8 Å². The first-order valence-corrected chi connectivity index (χ1v) is 5.33. The predicted octanol–water partition coefficient (Wildman–Crippen LogP) is 2.95. The van der Waals surface area contributed by atoms with Gasteiger partial charge in [0.1, 0.15) is 5.15 Å². The zero-order valence-electron chi connectivity index (χ0n) is 7.43. The molecule has 2 nitrogen and oxygen atoms in total. The number of aromatic nitrogens is 1. The van der Waals surface area contributed by atoms with Crippen molar-refractivity contribution >= 4 is 27.5 Å². The zero-order valence-corrected chi connectivity index (χ0v) is 9.77. The zero-order chi connectivity index (χ0) is 9.84. The molecule has 0 radical (unpaired) electrons. The van der Waals surface area contributed by atoms with Gasteiger partial charge in [0.15, 0.2) is 0 Å². The van der Waals surface area contributed by atoms with Crippen molar-refractivity contribution in [2.24, 2.45) is 5.73 Å². The van der Waals surface area contributed by atoms with Crippen LogP contribution in [0, 0.1) is 0 Å². The Morgan fingerprint density at radius 1 is 1.69 bits per heavy atom. The molecule has 1 atom stereocenters. The summed E-state index contributed by atoms with van der Waals surface area (Å²) in [5, 5.41) is 0.573. The van der Waals surface area contributed by atoms with Crippen molar-refractivity contribution in [1.29, 1.82) is 0 Å².